The average molecular weight is 511 g/mol. The van der Waals surface area contributed by atoms with E-state index >= 15 is 0 Å². The molecular formula is C21H30IN5O2. The maximum atomic E-state index is 12.1. The van der Waals surface area contributed by atoms with Crippen molar-refractivity contribution in [3.63, 3.8) is 0 Å². The first-order valence-electron chi connectivity index (χ1n) is 9.74. The number of oxazole rings is 1. The fraction of sp³-hybridized carbons (Fsp3) is 0.476. The van der Waals surface area contributed by atoms with Gasteiger partial charge in [0.05, 0.1) is 12.7 Å². The monoisotopic (exact) mass is 511 g/mol. The molecule has 3 rings (SSSR count). The Labute approximate surface area is 189 Å². The van der Waals surface area contributed by atoms with Gasteiger partial charge in [-0.3, -0.25) is 9.79 Å². The van der Waals surface area contributed by atoms with Gasteiger partial charge in [-0.2, -0.15) is 0 Å². The number of aromatic nitrogens is 1. The lowest BCUT2D eigenvalue weighted by atomic mass is 10.1. The van der Waals surface area contributed by atoms with Crippen molar-refractivity contribution in [2.75, 3.05) is 20.1 Å². The molecule has 29 heavy (non-hydrogen) atoms. The summed E-state index contributed by atoms with van der Waals surface area (Å²) in [5.41, 5.74) is 2.22. The van der Waals surface area contributed by atoms with Crippen LogP contribution in [0.1, 0.15) is 31.7 Å². The highest BCUT2D eigenvalue weighted by atomic mass is 127. The maximum Gasteiger partial charge on any atom is 0.225 e. The van der Waals surface area contributed by atoms with Crippen LogP contribution < -0.4 is 10.6 Å². The van der Waals surface area contributed by atoms with Gasteiger partial charge in [0.25, 0.3) is 0 Å². The van der Waals surface area contributed by atoms with E-state index in [1.54, 1.807) is 13.2 Å². The SMILES string of the molecule is CN=C(NCc1ncc(-c2ccc(C)cc2)o1)NC1CCN(C(=O)C(C)C)C1.I. The number of carbonyl (C=O) groups is 1. The summed E-state index contributed by atoms with van der Waals surface area (Å²) in [6, 6.07) is 8.35. The van der Waals surface area contributed by atoms with Gasteiger partial charge in [-0.25, -0.2) is 4.98 Å². The molecule has 1 atom stereocenters. The number of likely N-dealkylation sites (tertiary alicyclic amines) is 1. The van der Waals surface area contributed by atoms with Gasteiger partial charge in [0.2, 0.25) is 11.8 Å². The molecule has 8 heteroatoms. The standard InChI is InChI=1S/C21H29N5O2.HI/c1-14(2)20(27)26-10-9-17(13-26)25-21(22-4)24-12-19-23-11-18(28-19)16-7-5-15(3)6-8-16;/h5-8,11,14,17H,9-10,12-13H2,1-4H3,(H2,22,24,25);1H. The molecule has 0 bridgehead atoms. The van der Waals surface area contributed by atoms with Crippen molar-refractivity contribution in [2.24, 2.45) is 10.9 Å². The zero-order valence-electron chi connectivity index (χ0n) is 17.4. The molecule has 1 aromatic heterocycles. The number of aryl methyl sites for hydroxylation is 1. The lowest BCUT2D eigenvalue weighted by molar-refractivity contribution is -0.133. The normalized spacial score (nSPS) is 16.7. The van der Waals surface area contributed by atoms with Gasteiger partial charge in [0.1, 0.15) is 0 Å². The van der Waals surface area contributed by atoms with Crippen molar-refractivity contribution in [1.29, 1.82) is 0 Å². The van der Waals surface area contributed by atoms with Gasteiger partial charge >= 0.3 is 0 Å². The van der Waals surface area contributed by atoms with Crippen molar-refractivity contribution in [3.05, 3.63) is 41.9 Å². The first kappa shape index (κ1) is 23.2. The quantitative estimate of drug-likeness (QED) is 0.366. The molecular weight excluding hydrogens is 481 g/mol. The van der Waals surface area contributed by atoms with Crippen LogP contribution in [0.5, 0.6) is 0 Å². The average Bonchev–Trinajstić information content (AvgIpc) is 3.34. The molecule has 1 fully saturated rings. The summed E-state index contributed by atoms with van der Waals surface area (Å²) in [5.74, 6) is 2.26. The summed E-state index contributed by atoms with van der Waals surface area (Å²) in [4.78, 5) is 22.7. The van der Waals surface area contributed by atoms with Gasteiger partial charge in [-0.15, -0.1) is 24.0 Å². The minimum absolute atomic E-state index is 0. The lowest BCUT2D eigenvalue weighted by Crippen LogP contribution is -2.45. The predicted molar refractivity (Wildman–Crippen MR) is 125 cm³/mol. The first-order valence-corrected chi connectivity index (χ1v) is 9.74. The minimum atomic E-state index is 0. The number of guanidine groups is 1. The number of hydrogen-bond acceptors (Lipinski definition) is 4. The summed E-state index contributed by atoms with van der Waals surface area (Å²) in [5, 5.41) is 6.61. The number of hydrogen-bond donors (Lipinski definition) is 2. The largest absolute Gasteiger partial charge is 0.439 e. The summed E-state index contributed by atoms with van der Waals surface area (Å²) >= 11 is 0. The lowest BCUT2D eigenvalue weighted by Gasteiger charge is -2.20. The Morgan fingerprint density at radius 2 is 2.07 bits per heavy atom. The number of rotatable bonds is 5. The number of halogens is 1. The van der Waals surface area contributed by atoms with Crippen molar-refractivity contribution in [3.8, 4) is 11.3 Å². The Morgan fingerprint density at radius 1 is 1.34 bits per heavy atom. The highest BCUT2D eigenvalue weighted by Gasteiger charge is 2.28. The molecule has 0 radical (unpaired) electrons. The number of benzene rings is 1. The zero-order valence-corrected chi connectivity index (χ0v) is 19.8. The molecule has 1 saturated heterocycles. The van der Waals surface area contributed by atoms with E-state index in [0.717, 1.165) is 24.3 Å². The first-order chi connectivity index (χ1) is 13.5. The molecule has 1 amide bonds. The Morgan fingerprint density at radius 3 is 2.72 bits per heavy atom. The molecule has 2 aromatic rings. The summed E-state index contributed by atoms with van der Waals surface area (Å²) in [6.45, 7) is 7.85. The molecule has 0 spiro atoms. The van der Waals surface area contributed by atoms with Gasteiger partial charge in [-0.1, -0.05) is 43.7 Å². The second kappa shape index (κ2) is 10.6. The number of nitrogens with one attached hydrogen (secondary N) is 2. The van der Waals surface area contributed by atoms with Gasteiger partial charge in [0, 0.05) is 37.7 Å². The summed E-state index contributed by atoms with van der Waals surface area (Å²) in [7, 11) is 1.73. The van der Waals surface area contributed by atoms with E-state index in [4.69, 9.17) is 4.42 Å². The van der Waals surface area contributed by atoms with Crippen LogP contribution in [0.15, 0.2) is 39.9 Å². The third-order valence-corrected chi connectivity index (χ3v) is 4.85. The number of amides is 1. The molecule has 158 valence electrons. The maximum absolute atomic E-state index is 12.1. The van der Waals surface area contributed by atoms with Crippen LogP contribution in [0, 0.1) is 12.8 Å². The Hall–Kier alpha value is -2.10. The highest BCUT2D eigenvalue weighted by Crippen LogP contribution is 2.20. The summed E-state index contributed by atoms with van der Waals surface area (Å²) < 4.78 is 5.84. The highest BCUT2D eigenvalue weighted by molar-refractivity contribution is 14.0. The van der Waals surface area contributed by atoms with E-state index in [9.17, 15) is 4.79 Å². The van der Waals surface area contributed by atoms with Crippen LogP contribution in [-0.4, -0.2) is 47.9 Å². The van der Waals surface area contributed by atoms with E-state index in [-0.39, 0.29) is 41.8 Å². The number of nitrogens with zero attached hydrogens (tertiary/aromatic N) is 3. The van der Waals surface area contributed by atoms with Gasteiger partial charge in [-0.05, 0) is 13.3 Å². The van der Waals surface area contributed by atoms with E-state index in [1.165, 1.54) is 5.56 Å². The number of carbonyl (C=O) groups excluding carboxylic acids is 1. The van der Waals surface area contributed by atoms with Crippen LogP contribution in [0.25, 0.3) is 11.3 Å². The summed E-state index contributed by atoms with van der Waals surface area (Å²) in [6.07, 6.45) is 2.65. The van der Waals surface area contributed by atoms with Crippen LogP contribution in [0.3, 0.4) is 0 Å². The smallest absolute Gasteiger partial charge is 0.225 e. The predicted octanol–water partition coefficient (Wildman–Crippen LogP) is 3.19. The second-order valence-electron chi connectivity index (χ2n) is 7.48. The van der Waals surface area contributed by atoms with E-state index in [2.05, 4.69) is 39.7 Å². The molecule has 1 aliphatic rings. The zero-order chi connectivity index (χ0) is 20.1. The minimum Gasteiger partial charge on any atom is -0.439 e. The van der Waals surface area contributed by atoms with Crippen molar-refractivity contribution in [2.45, 2.75) is 39.8 Å². The fourth-order valence-electron chi connectivity index (χ4n) is 3.23. The molecule has 0 aliphatic carbocycles. The van der Waals surface area contributed by atoms with Crippen molar-refractivity contribution < 1.29 is 9.21 Å². The third kappa shape index (κ3) is 6.19. The topological polar surface area (TPSA) is 82.8 Å². The molecule has 2 heterocycles. The molecule has 0 saturated carbocycles. The molecule has 1 aliphatic heterocycles. The van der Waals surface area contributed by atoms with E-state index in [1.807, 2.05) is 30.9 Å². The van der Waals surface area contributed by atoms with Crippen LogP contribution in [-0.2, 0) is 11.3 Å². The van der Waals surface area contributed by atoms with Crippen LogP contribution in [0.2, 0.25) is 0 Å². The second-order valence-corrected chi connectivity index (χ2v) is 7.48. The molecule has 1 aromatic carbocycles. The van der Waals surface area contributed by atoms with E-state index < -0.39 is 0 Å². The van der Waals surface area contributed by atoms with E-state index in [0.29, 0.717) is 24.9 Å². The number of aliphatic imine (C=N–C) groups is 1. The van der Waals surface area contributed by atoms with Gasteiger partial charge in [0.15, 0.2) is 11.7 Å². The Kier molecular flexibility index (Phi) is 8.48. The molecule has 2 N–H and O–H groups in total. The van der Waals surface area contributed by atoms with Crippen molar-refractivity contribution >= 4 is 35.8 Å². The van der Waals surface area contributed by atoms with Crippen LogP contribution in [0.4, 0.5) is 0 Å². The van der Waals surface area contributed by atoms with Crippen LogP contribution >= 0.6 is 24.0 Å². The van der Waals surface area contributed by atoms with Gasteiger partial charge < -0.3 is 20.0 Å². The molecule has 7 nitrogen and oxygen atoms in total. The Bertz CT molecular complexity index is 832. The Balaban J connectivity index is 0.00000300. The molecule has 1 unspecified atom stereocenters. The van der Waals surface area contributed by atoms with Crippen molar-refractivity contribution in [1.82, 2.24) is 20.5 Å². The fourth-order valence-corrected chi connectivity index (χ4v) is 3.23. The third-order valence-electron chi connectivity index (χ3n) is 4.85.